The molecular weight excluding hydrogens is 384 g/mol. The Bertz CT molecular complexity index is 1110. The molecule has 0 N–H and O–H groups in total. The Morgan fingerprint density at radius 3 is 2.79 bits per heavy atom. The third-order valence-electron chi connectivity index (χ3n) is 4.26. The van der Waals surface area contributed by atoms with Crippen molar-refractivity contribution >= 4 is 27.5 Å². The molecule has 0 saturated heterocycles. The van der Waals surface area contributed by atoms with Crippen LogP contribution >= 0.6 is 11.3 Å². The van der Waals surface area contributed by atoms with Crippen LogP contribution in [0, 0.1) is 12.3 Å². The lowest BCUT2D eigenvalue weighted by atomic mass is 10.2. The summed E-state index contributed by atoms with van der Waals surface area (Å²) in [5, 5.41) is 0. The molecule has 0 aliphatic carbocycles. The standard InChI is InChI=1S/C23H24N2O3S/c1-4-7-15-28-18-11-8-10-17(16-18)22(26)24-23-25(14-5-2)21-19(27-6-3)12-9-13-20(21)29-23/h2,8-13,16H,4,6-7,14-15H2,1,3H3. The molecule has 0 spiro atoms. The van der Waals surface area contributed by atoms with E-state index >= 15 is 0 Å². The Hall–Kier alpha value is -3.04. The van der Waals surface area contributed by atoms with Crippen LogP contribution in [-0.4, -0.2) is 23.7 Å². The zero-order valence-electron chi connectivity index (χ0n) is 16.7. The maximum Gasteiger partial charge on any atom is 0.279 e. The fraction of sp³-hybridized carbons (Fsp3) is 0.304. The van der Waals surface area contributed by atoms with Crippen molar-refractivity contribution in [3.63, 3.8) is 0 Å². The van der Waals surface area contributed by atoms with Crippen molar-refractivity contribution in [1.29, 1.82) is 0 Å². The minimum absolute atomic E-state index is 0.302. The first-order valence-corrected chi connectivity index (χ1v) is 10.5. The van der Waals surface area contributed by atoms with Gasteiger partial charge in [0.2, 0.25) is 0 Å². The molecule has 0 atom stereocenters. The van der Waals surface area contributed by atoms with Crippen molar-refractivity contribution in [3.05, 3.63) is 52.8 Å². The third-order valence-corrected chi connectivity index (χ3v) is 5.30. The highest BCUT2D eigenvalue weighted by molar-refractivity contribution is 7.16. The molecule has 1 aromatic heterocycles. The van der Waals surface area contributed by atoms with Gasteiger partial charge in [-0.2, -0.15) is 4.99 Å². The van der Waals surface area contributed by atoms with Crippen molar-refractivity contribution < 1.29 is 14.3 Å². The molecule has 0 saturated carbocycles. The van der Waals surface area contributed by atoms with Crippen molar-refractivity contribution in [2.45, 2.75) is 33.2 Å². The maximum atomic E-state index is 12.8. The van der Waals surface area contributed by atoms with Gasteiger partial charge in [-0.25, -0.2) is 0 Å². The molecule has 1 heterocycles. The van der Waals surface area contributed by atoms with Gasteiger partial charge in [-0.1, -0.05) is 42.7 Å². The van der Waals surface area contributed by atoms with Crippen LogP contribution in [0.3, 0.4) is 0 Å². The van der Waals surface area contributed by atoms with Crippen molar-refractivity contribution in [2.75, 3.05) is 13.2 Å². The molecule has 150 valence electrons. The van der Waals surface area contributed by atoms with Crippen LogP contribution in [0.5, 0.6) is 11.5 Å². The Labute approximate surface area is 174 Å². The number of carbonyl (C=O) groups is 1. The van der Waals surface area contributed by atoms with Gasteiger partial charge in [0, 0.05) is 5.56 Å². The molecule has 0 aliphatic heterocycles. The number of thiazole rings is 1. The van der Waals surface area contributed by atoms with E-state index in [1.54, 1.807) is 18.2 Å². The monoisotopic (exact) mass is 408 g/mol. The number of nitrogens with zero attached hydrogens (tertiary/aromatic N) is 2. The lowest BCUT2D eigenvalue weighted by molar-refractivity contribution is 0.0997. The van der Waals surface area contributed by atoms with E-state index in [2.05, 4.69) is 17.8 Å². The predicted octanol–water partition coefficient (Wildman–Crippen LogP) is 4.65. The number of rotatable bonds is 8. The molecule has 29 heavy (non-hydrogen) atoms. The minimum atomic E-state index is -0.332. The number of benzene rings is 2. The lowest BCUT2D eigenvalue weighted by Gasteiger charge is -2.07. The van der Waals surface area contributed by atoms with E-state index in [1.165, 1.54) is 11.3 Å². The molecule has 0 bridgehead atoms. The van der Waals surface area contributed by atoms with Crippen molar-refractivity contribution in [2.24, 2.45) is 4.99 Å². The molecule has 1 amide bonds. The molecule has 0 radical (unpaired) electrons. The van der Waals surface area contributed by atoms with Gasteiger partial charge in [-0.3, -0.25) is 4.79 Å². The van der Waals surface area contributed by atoms with Crippen molar-refractivity contribution in [3.8, 4) is 23.8 Å². The molecular formula is C23H24N2O3S. The summed E-state index contributed by atoms with van der Waals surface area (Å²) in [5.41, 5.74) is 1.34. The van der Waals surface area contributed by atoms with Gasteiger partial charge in [0.1, 0.15) is 17.0 Å². The molecule has 5 nitrogen and oxygen atoms in total. The van der Waals surface area contributed by atoms with Crippen LogP contribution < -0.4 is 14.3 Å². The largest absolute Gasteiger partial charge is 0.494 e. The highest BCUT2D eigenvalue weighted by Crippen LogP contribution is 2.27. The summed E-state index contributed by atoms with van der Waals surface area (Å²) in [6, 6.07) is 12.9. The molecule has 0 unspecified atom stereocenters. The van der Waals surface area contributed by atoms with Gasteiger partial charge in [-0.15, -0.1) is 6.42 Å². The van der Waals surface area contributed by atoms with E-state index in [4.69, 9.17) is 15.9 Å². The van der Waals surface area contributed by atoms with Gasteiger partial charge in [0.25, 0.3) is 5.91 Å². The number of terminal acetylenes is 1. The topological polar surface area (TPSA) is 52.8 Å². The van der Waals surface area contributed by atoms with Crippen molar-refractivity contribution in [1.82, 2.24) is 4.57 Å². The number of carbonyl (C=O) groups excluding carboxylic acids is 1. The third kappa shape index (κ3) is 4.87. The fourth-order valence-corrected chi connectivity index (χ4v) is 3.94. The maximum absolute atomic E-state index is 12.8. The number of aromatic nitrogens is 1. The minimum Gasteiger partial charge on any atom is -0.494 e. The summed E-state index contributed by atoms with van der Waals surface area (Å²) in [6.45, 7) is 5.51. The Morgan fingerprint density at radius 2 is 2.03 bits per heavy atom. The second-order valence-electron chi connectivity index (χ2n) is 6.36. The van der Waals surface area contributed by atoms with Gasteiger partial charge in [0.05, 0.1) is 24.5 Å². The molecule has 3 rings (SSSR count). The quantitative estimate of drug-likeness (QED) is 0.403. The second kappa shape index (κ2) is 9.94. The van der Waals surface area contributed by atoms with Gasteiger partial charge in [-0.05, 0) is 43.7 Å². The summed E-state index contributed by atoms with van der Waals surface area (Å²) < 4.78 is 14.3. The highest BCUT2D eigenvalue weighted by Gasteiger charge is 2.13. The van der Waals surface area contributed by atoms with Gasteiger partial charge < -0.3 is 14.0 Å². The number of hydrogen-bond donors (Lipinski definition) is 0. The normalized spacial score (nSPS) is 11.4. The van der Waals surface area contributed by atoms with E-state index < -0.39 is 0 Å². The smallest absolute Gasteiger partial charge is 0.279 e. The van der Waals surface area contributed by atoms with E-state index in [0.29, 0.717) is 35.9 Å². The molecule has 6 heteroatoms. The summed E-state index contributed by atoms with van der Waals surface area (Å²) in [4.78, 5) is 17.7. The first-order chi connectivity index (χ1) is 14.2. The van der Waals surface area contributed by atoms with Crippen LogP contribution in [0.15, 0.2) is 47.5 Å². The van der Waals surface area contributed by atoms with Crippen LogP contribution in [0.4, 0.5) is 0 Å². The van der Waals surface area contributed by atoms with Gasteiger partial charge in [0.15, 0.2) is 4.80 Å². The summed E-state index contributed by atoms with van der Waals surface area (Å²) in [6.07, 6.45) is 7.60. The highest BCUT2D eigenvalue weighted by atomic mass is 32.1. The average Bonchev–Trinajstić information content (AvgIpc) is 3.07. The van der Waals surface area contributed by atoms with E-state index in [9.17, 15) is 4.79 Å². The van der Waals surface area contributed by atoms with E-state index in [-0.39, 0.29) is 5.91 Å². The molecule has 3 aromatic rings. The SMILES string of the molecule is C#CCn1c(=NC(=O)c2cccc(OCCCC)c2)sc2cccc(OCC)c21. The predicted molar refractivity (Wildman–Crippen MR) is 117 cm³/mol. The van der Waals surface area contributed by atoms with Crippen LogP contribution in [0.25, 0.3) is 10.2 Å². The van der Waals surface area contributed by atoms with Gasteiger partial charge >= 0.3 is 0 Å². The average molecular weight is 409 g/mol. The summed E-state index contributed by atoms with van der Waals surface area (Å²) in [7, 11) is 0. The zero-order valence-corrected chi connectivity index (χ0v) is 17.5. The zero-order chi connectivity index (χ0) is 20.6. The Kier molecular flexibility index (Phi) is 7.09. The number of fused-ring (bicyclic) bond motifs is 1. The molecule has 0 fully saturated rings. The molecule has 2 aromatic carbocycles. The second-order valence-corrected chi connectivity index (χ2v) is 7.37. The number of amides is 1. The van der Waals surface area contributed by atoms with E-state index in [1.807, 2.05) is 35.8 Å². The number of para-hydroxylation sites is 1. The summed E-state index contributed by atoms with van der Waals surface area (Å²) >= 11 is 1.42. The summed E-state index contributed by atoms with van der Waals surface area (Å²) in [5.74, 6) is 3.72. The number of hydrogen-bond acceptors (Lipinski definition) is 4. The van der Waals surface area contributed by atoms with Crippen LogP contribution in [-0.2, 0) is 6.54 Å². The first-order valence-electron chi connectivity index (χ1n) is 9.68. The fourth-order valence-electron chi connectivity index (χ4n) is 2.90. The first kappa shape index (κ1) is 20.7. The Balaban J connectivity index is 2.00. The Morgan fingerprint density at radius 1 is 1.21 bits per heavy atom. The van der Waals surface area contributed by atoms with Crippen LogP contribution in [0.1, 0.15) is 37.0 Å². The van der Waals surface area contributed by atoms with Crippen LogP contribution in [0.2, 0.25) is 0 Å². The number of ether oxygens (including phenoxy) is 2. The lowest BCUT2D eigenvalue weighted by Crippen LogP contribution is -2.17. The number of unbranched alkanes of at least 4 members (excludes halogenated alkanes) is 1. The molecule has 0 aliphatic rings. The van der Waals surface area contributed by atoms with E-state index in [0.717, 1.165) is 28.8 Å².